The smallest absolute Gasteiger partial charge is 0.229 e. The van der Waals surface area contributed by atoms with Gasteiger partial charge in [0.15, 0.2) is 0 Å². The predicted octanol–water partition coefficient (Wildman–Crippen LogP) is 5.87. The number of hydrogen-bond donors (Lipinski definition) is 3. The number of amides is 2. The van der Waals surface area contributed by atoms with Gasteiger partial charge in [-0.25, -0.2) is 19.9 Å². The van der Waals surface area contributed by atoms with Gasteiger partial charge in [-0.2, -0.15) is 0 Å². The third-order valence-corrected chi connectivity index (χ3v) is 7.06. The van der Waals surface area contributed by atoms with Crippen LogP contribution in [-0.2, 0) is 15.0 Å². The van der Waals surface area contributed by atoms with E-state index in [1.54, 1.807) is 12.5 Å². The molecule has 0 spiro atoms. The van der Waals surface area contributed by atoms with Crippen LogP contribution in [0.1, 0.15) is 38.3 Å². The number of benzene rings is 3. The molecule has 0 saturated heterocycles. The first-order valence-corrected chi connectivity index (χ1v) is 12.7. The zero-order chi connectivity index (χ0) is 27.3. The van der Waals surface area contributed by atoms with Crippen molar-refractivity contribution in [3.8, 4) is 11.1 Å². The summed E-state index contributed by atoms with van der Waals surface area (Å²) in [5.41, 5.74) is 7.12. The van der Waals surface area contributed by atoms with Crippen molar-refractivity contribution in [2.24, 2.45) is 0 Å². The minimum atomic E-state index is -0.222. The first-order chi connectivity index (χ1) is 18.7. The number of rotatable bonds is 4. The number of hydrogen-bond acceptors (Lipinski definition) is 7. The molecule has 3 aromatic carbocycles. The quantitative estimate of drug-likeness (QED) is 0.272. The zero-order valence-electron chi connectivity index (χ0n) is 22.1. The third kappa shape index (κ3) is 4.52. The molecule has 9 nitrogen and oxygen atoms in total. The molecule has 0 fully saturated rings. The molecule has 1 aliphatic heterocycles. The highest BCUT2D eigenvalue weighted by Crippen LogP contribution is 2.40. The average Bonchev–Trinajstić information content (AvgIpc) is 2.87. The van der Waals surface area contributed by atoms with Crippen molar-refractivity contribution >= 4 is 56.8 Å². The second-order valence-corrected chi connectivity index (χ2v) is 10.5. The number of carbonyl (C=O) groups excluding carboxylic acids is 2. The standard InChI is InChI=1S/C30H27N7O2/c1-16-5-8-21-27(26(16)18-6-10-23-19(11-18)14-31-29(37-23)34-17(2)38)32-15-33-28(21)35-20-7-9-22-24(12-20)36-25(39)13-30(22,3)4/h5-12,14-15H,13H2,1-4H3,(H,36,39)(H,32,33,35)(H,31,34,37,38). The maximum absolute atomic E-state index is 12.3. The van der Waals surface area contributed by atoms with Crippen molar-refractivity contribution < 1.29 is 9.59 Å². The van der Waals surface area contributed by atoms with Gasteiger partial charge in [0.05, 0.1) is 11.0 Å². The van der Waals surface area contributed by atoms with Crippen molar-refractivity contribution in [1.82, 2.24) is 19.9 Å². The maximum atomic E-state index is 12.3. The summed E-state index contributed by atoms with van der Waals surface area (Å²) >= 11 is 0. The second-order valence-electron chi connectivity index (χ2n) is 10.5. The lowest BCUT2D eigenvalue weighted by Crippen LogP contribution is -2.32. The van der Waals surface area contributed by atoms with Crippen LogP contribution in [0.3, 0.4) is 0 Å². The Morgan fingerprint density at radius 2 is 1.87 bits per heavy atom. The van der Waals surface area contributed by atoms with Gasteiger partial charge in [0.2, 0.25) is 17.8 Å². The van der Waals surface area contributed by atoms with Crippen LogP contribution >= 0.6 is 0 Å². The average molecular weight is 518 g/mol. The topological polar surface area (TPSA) is 122 Å². The Morgan fingerprint density at radius 1 is 1.03 bits per heavy atom. The number of fused-ring (bicyclic) bond motifs is 3. The van der Waals surface area contributed by atoms with Gasteiger partial charge in [-0.1, -0.05) is 32.0 Å². The Hall–Kier alpha value is -4.92. The normalized spacial score (nSPS) is 14.1. The third-order valence-electron chi connectivity index (χ3n) is 7.06. The van der Waals surface area contributed by atoms with Crippen LogP contribution in [-0.4, -0.2) is 31.8 Å². The highest BCUT2D eigenvalue weighted by molar-refractivity contribution is 6.03. The number of anilines is 4. The molecule has 0 unspecified atom stereocenters. The monoisotopic (exact) mass is 517 g/mol. The van der Waals surface area contributed by atoms with E-state index in [1.165, 1.54) is 6.92 Å². The van der Waals surface area contributed by atoms with Crippen LogP contribution in [0.25, 0.3) is 32.9 Å². The fourth-order valence-electron chi connectivity index (χ4n) is 5.24. The number of carbonyl (C=O) groups is 2. The molecule has 3 heterocycles. The highest BCUT2D eigenvalue weighted by atomic mass is 16.2. The minimum absolute atomic E-state index is 0.0179. The summed E-state index contributed by atoms with van der Waals surface area (Å²) in [4.78, 5) is 41.5. The Balaban J connectivity index is 1.40. The Bertz CT molecular complexity index is 1810. The van der Waals surface area contributed by atoms with Crippen LogP contribution < -0.4 is 16.0 Å². The van der Waals surface area contributed by atoms with E-state index < -0.39 is 0 Å². The Labute approximate surface area is 225 Å². The molecule has 2 aromatic heterocycles. The van der Waals surface area contributed by atoms with E-state index >= 15 is 0 Å². The molecule has 0 aliphatic carbocycles. The van der Waals surface area contributed by atoms with E-state index in [9.17, 15) is 9.59 Å². The van der Waals surface area contributed by atoms with Crippen LogP contribution in [0.5, 0.6) is 0 Å². The van der Waals surface area contributed by atoms with Gasteiger partial charge in [-0.3, -0.25) is 14.9 Å². The molecule has 0 atom stereocenters. The fraction of sp³-hybridized carbons (Fsp3) is 0.200. The zero-order valence-corrected chi connectivity index (χ0v) is 22.1. The summed E-state index contributed by atoms with van der Waals surface area (Å²) in [6.07, 6.45) is 3.72. The highest BCUT2D eigenvalue weighted by Gasteiger charge is 2.31. The molecule has 194 valence electrons. The lowest BCUT2D eigenvalue weighted by atomic mass is 9.78. The fourth-order valence-corrected chi connectivity index (χ4v) is 5.24. The van der Waals surface area contributed by atoms with Crippen LogP contribution in [0.2, 0.25) is 0 Å². The van der Waals surface area contributed by atoms with Crippen molar-refractivity contribution in [1.29, 1.82) is 0 Å². The van der Waals surface area contributed by atoms with E-state index in [-0.39, 0.29) is 23.2 Å². The van der Waals surface area contributed by atoms with E-state index in [0.29, 0.717) is 12.2 Å². The Morgan fingerprint density at radius 3 is 2.69 bits per heavy atom. The van der Waals surface area contributed by atoms with Crippen molar-refractivity contribution in [2.45, 2.75) is 39.5 Å². The summed E-state index contributed by atoms with van der Waals surface area (Å²) in [5, 5.41) is 10.8. The van der Waals surface area contributed by atoms with Crippen LogP contribution in [0.4, 0.5) is 23.1 Å². The molecule has 0 radical (unpaired) electrons. The molecular formula is C30H27N7O2. The molecule has 0 saturated carbocycles. The number of aryl methyl sites for hydroxylation is 1. The summed E-state index contributed by atoms with van der Waals surface area (Å²) in [5.74, 6) is 0.749. The molecule has 2 amide bonds. The van der Waals surface area contributed by atoms with Gasteiger partial charge in [0.1, 0.15) is 12.1 Å². The minimum Gasteiger partial charge on any atom is -0.340 e. The van der Waals surface area contributed by atoms with Crippen LogP contribution in [0, 0.1) is 6.92 Å². The summed E-state index contributed by atoms with van der Waals surface area (Å²) < 4.78 is 0. The van der Waals surface area contributed by atoms with E-state index in [2.05, 4.69) is 68.8 Å². The molecule has 1 aliphatic rings. The maximum Gasteiger partial charge on any atom is 0.229 e. The van der Waals surface area contributed by atoms with E-state index in [4.69, 9.17) is 0 Å². The molecule has 39 heavy (non-hydrogen) atoms. The first-order valence-electron chi connectivity index (χ1n) is 12.7. The lowest BCUT2D eigenvalue weighted by molar-refractivity contribution is -0.117. The number of nitrogens with zero attached hydrogens (tertiary/aromatic N) is 4. The molecule has 9 heteroatoms. The summed E-state index contributed by atoms with van der Waals surface area (Å²) in [6, 6.07) is 16.0. The van der Waals surface area contributed by atoms with E-state index in [0.717, 1.165) is 55.4 Å². The lowest BCUT2D eigenvalue weighted by Gasteiger charge is -2.32. The molecular weight excluding hydrogens is 490 g/mol. The molecule has 6 rings (SSSR count). The van der Waals surface area contributed by atoms with Crippen LogP contribution in [0.15, 0.2) is 61.1 Å². The van der Waals surface area contributed by atoms with E-state index in [1.807, 2.05) is 36.4 Å². The van der Waals surface area contributed by atoms with Gasteiger partial charge in [-0.15, -0.1) is 0 Å². The SMILES string of the molecule is CC(=O)Nc1ncc2cc(-c3c(C)ccc4c(Nc5ccc6c(c5)NC(=O)CC6(C)C)ncnc34)ccc2n1. The summed E-state index contributed by atoms with van der Waals surface area (Å²) in [6.45, 7) is 7.65. The Kier molecular flexibility index (Phi) is 5.71. The van der Waals surface area contributed by atoms with Gasteiger partial charge < -0.3 is 10.6 Å². The predicted molar refractivity (Wildman–Crippen MR) is 153 cm³/mol. The number of aromatic nitrogens is 4. The largest absolute Gasteiger partial charge is 0.340 e. The molecule has 5 aromatic rings. The number of nitrogens with one attached hydrogen (secondary N) is 3. The first kappa shape index (κ1) is 24.4. The van der Waals surface area contributed by atoms with Crippen molar-refractivity contribution in [2.75, 3.05) is 16.0 Å². The molecule has 3 N–H and O–H groups in total. The van der Waals surface area contributed by atoms with Gasteiger partial charge in [0.25, 0.3) is 0 Å². The van der Waals surface area contributed by atoms with Crippen molar-refractivity contribution in [3.63, 3.8) is 0 Å². The van der Waals surface area contributed by atoms with Crippen molar-refractivity contribution in [3.05, 3.63) is 72.2 Å². The summed E-state index contributed by atoms with van der Waals surface area (Å²) in [7, 11) is 0. The second kappa shape index (κ2) is 9.13. The van der Waals surface area contributed by atoms with Gasteiger partial charge >= 0.3 is 0 Å². The molecule has 0 bridgehead atoms. The van der Waals surface area contributed by atoms with Gasteiger partial charge in [-0.05, 0) is 53.9 Å². The van der Waals surface area contributed by atoms with Gasteiger partial charge in [0, 0.05) is 52.7 Å².